The molecule has 142 valence electrons. The van der Waals surface area contributed by atoms with Crippen molar-refractivity contribution >= 4 is 11.9 Å². The van der Waals surface area contributed by atoms with Crippen LogP contribution in [-0.2, 0) is 19.1 Å². The Morgan fingerprint density at radius 3 is 1.68 bits per heavy atom. The summed E-state index contributed by atoms with van der Waals surface area (Å²) in [5.41, 5.74) is -1.27. The van der Waals surface area contributed by atoms with Gasteiger partial charge in [-0.25, -0.2) is 0 Å². The monoisotopic (exact) mass is 350 g/mol. The normalized spacial score (nSPS) is 10.8. The molecule has 0 saturated heterocycles. The Morgan fingerprint density at radius 2 is 1.32 bits per heavy atom. The molecule has 0 radical (unpaired) electrons. The van der Waals surface area contributed by atoms with Gasteiger partial charge in [-0.2, -0.15) is 0 Å². The molecule has 0 N–H and O–H groups in total. The molecular weight excluding hydrogens is 316 g/mol. The highest BCUT2D eigenvalue weighted by Gasteiger charge is 2.47. The second-order valence-corrected chi connectivity index (χ2v) is 6.17. The molecule has 4 nitrogen and oxygen atoms in total. The van der Waals surface area contributed by atoms with Gasteiger partial charge in [0.15, 0.2) is 5.41 Å². The van der Waals surface area contributed by atoms with Crippen molar-refractivity contribution in [3.63, 3.8) is 0 Å². The first-order chi connectivity index (χ1) is 12.1. The van der Waals surface area contributed by atoms with E-state index in [2.05, 4.69) is 19.7 Å². The molecule has 0 aliphatic carbocycles. The van der Waals surface area contributed by atoms with Crippen LogP contribution in [0.3, 0.4) is 0 Å². The van der Waals surface area contributed by atoms with E-state index in [4.69, 9.17) is 9.47 Å². The zero-order chi connectivity index (χ0) is 19.0. The van der Waals surface area contributed by atoms with Gasteiger partial charge in [-0.05, 0) is 51.4 Å². The van der Waals surface area contributed by atoms with Crippen LogP contribution in [0.5, 0.6) is 0 Å². The zero-order valence-corrected chi connectivity index (χ0v) is 15.8. The van der Waals surface area contributed by atoms with Crippen molar-refractivity contribution in [1.29, 1.82) is 0 Å². The number of hydrogen-bond acceptors (Lipinski definition) is 4. The molecule has 0 aliphatic rings. The highest BCUT2D eigenvalue weighted by atomic mass is 16.6. The topological polar surface area (TPSA) is 52.6 Å². The molecule has 0 heterocycles. The molecule has 0 aromatic heterocycles. The van der Waals surface area contributed by atoms with Gasteiger partial charge in [0.05, 0.1) is 13.2 Å². The lowest BCUT2D eigenvalue weighted by Gasteiger charge is -2.28. The van der Waals surface area contributed by atoms with Gasteiger partial charge in [0.2, 0.25) is 0 Å². The molecule has 0 spiro atoms. The number of unbranched alkanes of at least 4 members (excludes halogenated alkanes) is 4. The van der Waals surface area contributed by atoms with Crippen LogP contribution in [0.25, 0.3) is 0 Å². The number of carbonyl (C=O) groups is 2. The number of esters is 2. The summed E-state index contributed by atoms with van der Waals surface area (Å²) in [6, 6.07) is 0. The van der Waals surface area contributed by atoms with Gasteiger partial charge < -0.3 is 9.47 Å². The van der Waals surface area contributed by atoms with E-state index in [-0.39, 0.29) is 6.42 Å². The molecule has 0 bridgehead atoms. The Labute approximate surface area is 153 Å². The molecule has 0 saturated carbocycles. The van der Waals surface area contributed by atoms with Crippen molar-refractivity contribution in [3.8, 4) is 0 Å². The summed E-state index contributed by atoms with van der Waals surface area (Å²) >= 11 is 0. The minimum absolute atomic E-state index is 0.234. The van der Waals surface area contributed by atoms with Crippen LogP contribution < -0.4 is 0 Å². The van der Waals surface area contributed by atoms with Gasteiger partial charge in [-0.15, -0.1) is 19.7 Å². The highest BCUT2D eigenvalue weighted by molar-refractivity contribution is 6.00. The van der Waals surface area contributed by atoms with Gasteiger partial charge in [-0.1, -0.05) is 31.6 Å². The van der Waals surface area contributed by atoms with E-state index in [1.807, 2.05) is 19.1 Å². The lowest BCUT2D eigenvalue weighted by atomic mass is 9.80. The van der Waals surface area contributed by atoms with Crippen LogP contribution in [0.15, 0.2) is 38.0 Å². The minimum Gasteiger partial charge on any atom is -0.465 e. The highest BCUT2D eigenvalue weighted by Crippen LogP contribution is 2.32. The third kappa shape index (κ3) is 8.71. The Kier molecular flexibility index (Phi) is 13.4. The predicted octanol–water partition coefficient (Wildman–Crippen LogP) is 5.15. The maximum Gasteiger partial charge on any atom is 0.323 e. The van der Waals surface area contributed by atoms with Gasteiger partial charge in [0, 0.05) is 0 Å². The van der Waals surface area contributed by atoms with Crippen LogP contribution in [0.4, 0.5) is 0 Å². The summed E-state index contributed by atoms with van der Waals surface area (Å²) in [4.78, 5) is 25.3. The second kappa shape index (κ2) is 14.5. The van der Waals surface area contributed by atoms with Crippen LogP contribution in [0, 0.1) is 5.41 Å². The summed E-state index contributed by atoms with van der Waals surface area (Å²) in [6.45, 7) is 13.6. The average molecular weight is 350 g/mol. The van der Waals surface area contributed by atoms with E-state index in [1.165, 1.54) is 0 Å². The molecule has 0 atom stereocenters. The minimum atomic E-state index is -1.27. The molecular formula is C21H34O4. The molecule has 25 heavy (non-hydrogen) atoms. The number of allylic oxidation sites excluding steroid dienone is 3. The number of carbonyl (C=O) groups excluding carboxylic acids is 2. The summed E-state index contributed by atoms with van der Waals surface area (Å²) in [5, 5.41) is 0. The lowest BCUT2D eigenvalue weighted by Crippen LogP contribution is -2.42. The Balaban J connectivity index is 4.80. The summed E-state index contributed by atoms with van der Waals surface area (Å²) in [7, 11) is 0. The first-order valence-electron chi connectivity index (χ1n) is 9.26. The molecule has 0 unspecified atom stereocenters. The van der Waals surface area contributed by atoms with E-state index in [0.29, 0.717) is 26.1 Å². The van der Waals surface area contributed by atoms with Crippen molar-refractivity contribution in [3.05, 3.63) is 38.0 Å². The van der Waals surface area contributed by atoms with Gasteiger partial charge in [0.1, 0.15) is 0 Å². The van der Waals surface area contributed by atoms with E-state index in [0.717, 1.165) is 38.5 Å². The Hall–Kier alpha value is -1.84. The van der Waals surface area contributed by atoms with Gasteiger partial charge in [0.25, 0.3) is 0 Å². The molecule has 0 amide bonds. The lowest BCUT2D eigenvalue weighted by molar-refractivity contribution is -0.173. The third-order valence-corrected chi connectivity index (χ3v) is 4.02. The van der Waals surface area contributed by atoms with Crippen LogP contribution in [0.1, 0.15) is 64.7 Å². The zero-order valence-electron chi connectivity index (χ0n) is 15.8. The predicted molar refractivity (Wildman–Crippen MR) is 102 cm³/mol. The maximum absolute atomic E-state index is 12.7. The summed E-state index contributed by atoms with van der Waals surface area (Å²) in [5.74, 6) is -0.993. The number of rotatable bonds is 16. The van der Waals surface area contributed by atoms with Crippen LogP contribution >= 0.6 is 0 Å². The van der Waals surface area contributed by atoms with Gasteiger partial charge >= 0.3 is 11.9 Å². The van der Waals surface area contributed by atoms with Gasteiger partial charge in [-0.3, -0.25) is 9.59 Å². The quantitative estimate of drug-likeness (QED) is 0.167. The number of ether oxygens (including phenoxy) is 2. The van der Waals surface area contributed by atoms with Crippen molar-refractivity contribution in [2.45, 2.75) is 64.7 Å². The SMILES string of the molecule is C=CCCCCOC(=O)C(CC=C)(CCC)C(=O)OCCCCC=C. The van der Waals surface area contributed by atoms with Crippen LogP contribution in [-0.4, -0.2) is 25.2 Å². The Morgan fingerprint density at radius 1 is 0.840 bits per heavy atom. The largest absolute Gasteiger partial charge is 0.465 e. The van der Waals surface area contributed by atoms with E-state index < -0.39 is 17.4 Å². The van der Waals surface area contributed by atoms with Crippen LogP contribution in [0.2, 0.25) is 0 Å². The smallest absolute Gasteiger partial charge is 0.323 e. The second-order valence-electron chi connectivity index (χ2n) is 6.17. The third-order valence-electron chi connectivity index (χ3n) is 4.02. The fourth-order valence-corrected chi connectivity index (χ4v) is 2.62. The molecule has 0 fully saturated rings. The average Bonchev–Trinajstić information content (AvgIpc) is 2.60. The number of hydrogen-bond donors (Lipinski definition) is 0. The van der Waals surface area contributed by atoms with Crippen molar-refractivity contribution in [1.82, 2.24) is 0 Å². The van der Waals surface area contributed by atoms with E-state index in [1.54, 1.807) is 6.08 Å². The fraction of sp³-hybridized carbons (Fsp3) is 0.619. The molecule has 0 aromatic rings. The molecule has 4 heteroatoms. The van der Waals surface area contributed by atoms with Crippen molar-refractivity contribution in [2.75, 3.05) is 13.2 Å². The first kappa shape index (κ1) is 23.2. The maximum atomic E-state index is 12.7. The van der Waals surface area contributed by atoms with E-state index in [9.17, 15) is 9.59 Å². The van der Waals surface area contributed by atoms with Crippen molar-refractivity contribution < 1.29 is 19.1 Å². The Bertz CT molecular complexity index is 396. The molecule has 0 rings (SSSR count). The molecule has 0 aliphatic heterocycles. The summed E-state index contributed by atoms with van der Waals surface area (Å²) < 4.78 is 10.8. The molecule has 0 aromatic carbocycles. The first-order valence-corrected chi connectivity index (χ1v) is 9.26. The fourth-order valence-electron chi connectivity index (χ4n) is 2.62. The van der Waals surface area contributed by atoms with Crippen molar-refractivity contribution in [2.24, 2.45) is 5.41 Å². The summed E-state index contributed by atoms with van der Waals surface area (Å²) in [6.07, 6.45) is 11.7. The standard InChI is InChI=1S/C21H34O4/c1-5-9-11-13-17-24-19(22)21(15-7-3,16-8-4)20(23)25-18-14-12-10-6-2/h5-7H,1-3,8-18H2,4H3. The van der Waals surface area contributed by atoms with E-state index >= 15 is 0 Å².